The highest BCUT2D eigenvalue weighted by molar-refractivity contribution is 7.85. The first-order valence-electron chi connectivity index (χ1n) is 8.70. The molecule has 1 aliphatic carbocycles. The predicted octanol–water partition coefficient (Wildman–Crippen LogP) is 3.38. The number of aromatic nitrogens is 2. The van der Waals surface area contributed by atoms with Gasteiger partial charge in [0, 0.05) is 47.6 Å². The van der Waals surface area contributed by atoms with Crippen LogP contribution >= 0.6 is 22.9 Å². The summed E-state index contributed by atoms with van der Waals surface area (Å²) in [7, 11) is -1.52. The van der Waals surface area contributed by atoms with Gasteiger partial charge >= 0.3 is 0 Å². The van der Waals surface area contributed by atoms with E-state index in [2.05, 4.69) is 4.98 Å². The zero-order valence-corrected chi connectivity index (χ0v) is 17.6. The van der Waals surface area contributed by atoms with E-state index in [1.807, 2.05) is 0 Å². The van der Waals surface area contributed by atoms with Gasteiger partial charge in [0.1, 0.15) is 10.0 Å². The highest BCUT2D eigenvalue weighted by atomic mass is 35.5. The lowest BCUT2D eigenvalue weighted by molar-refractivity contribution is -0.606. The lowest BCUT2D eigenvalue weighted by Gasteiger charge is -2.18. The first-order valence-corrected chi connectivity index (χ1v) is 11.4. The maximum atomic E-state index is 13.5. The van der Waals surface area contributed by atoms with Gasteiger partial charge < -0.3 is 10.1 Å². The van der Waals surface area contributed by atoms with Gasteiger partial charge in [-0.1, -0.05) is 22.9 Å². The summed E-state index contributed by atoms with van der Waals surface area (Å²) in [5, 5.41) is 12.0. The number of hydrogen-bond acceptors (Lipinski definition) is 5. The smallest absolute Gasteiger partial charge is 0.252 e. The van der Waals surface area contributed by atoms with Gasteiger partial charge in [-0.05, 0) is 13.0 Å². The van der Waals surface area contributed by atoms with Gasteiger partial charge in [0.25, 0.3) is 5.92 Å². The Balaban J connectivity index is 1.68. The van der Waals surface area contributed by atoms with Crippen molar-refractivity contribution in [2.45, 2.75) is 25.7 Å². The Hall–Kier alpha value is -1.72. The molecule has 3 rings (SSSR count). The molecule has 0 spiro atoms. The topological polar surface area (TPSA) is 77.2 Å². The summed E-state index contributed by atoms with van der Waals surface area (Å²) in [6.07, 6.45) is 1.55. The van der Waals surface area contributed by atoms with Crippen LogP contribution < -0.4 is 9.63 Å². The van der Waals surface area contributed by atoms with E-state index in [1.54, 1.807) is 6.92 Å². The summed E-state index contributed by atoms with van der Waals surface area (Å²) in [5.41, 5.74) is 0.216. The van der Waals surface area contributed by atoms with Crippen LogP contribution in [0, 0.1) is 16.9 Å². The second-order valence-corrected chi connectivity index (χ2v) is 9.54. The number of thiazole rings is 1. The Morgan fingerprint density at radius 1 is 1.52 bits per heavy atom. The molecule has 1 saturated carbocycles. The van der Waals surface area contributed by atoms with Crippen molar-refractivity contribution < 1.29 is 26.9 Å². The third-order valence-electron chi connectivity index (χ3n) is 4.38. The first-order chi connectivity index (χ1) is 13.6. The SMILES string of the molecule is CCN(C(=O)CCS(=O)CC1CC1(F)F)c1sc(-c2cc(F)c[n+]([O-])c2)nc1Cl. The fraction of sp³-hybridized carbons (Fsp3) is 0.471. The van der Waals surface area contributed by atoms with Crippen LogP contribution in [0.4, 0.5) is 18.2 Å². The molecule has 158 valence electrons. The van der Waals surface area contributed by atoms with Crippen molar-refractivity contribution in [3.05, 3.63) is 34.6 Å². The number of rotatable bonds is 8. The van der Waals surface area contributed by atoms with Crippen LogP contribution in [-0.4, -0.2) is 39.1 Å². The molecule has 2 heterocycles. The van der Waals surface area contributed by atoms with Gasteiger partial charge in [-0.3, -0.25) is 9.00 Å². The molecule has 29 heavy (non-hydrogen) atoms. The van der Waals surface area contributed by atoms with E-state index in [0.29, 0.717) is 9.73 Å². The van der Waals surface area contributed by atoms with Crippen LogP contribution in [-0.2, 0) is 15.6 Å². The van der Waals surface area contributed by atoms with E-state index in [4.69, 9.17) is 11.6 Å². The first kappa shape index (κ1) is 22.0. The molecule has 2 aromatic rings. The molecule has 0 saturated heterocycles. The molecule has 1 amide bonds. The zero-order valence-electron chi connectivity index (χ0n) is 15.2. The number of anilines is 1. The van der Waals surface area contributed by atoms with Crippen LogP contribution in [0.3, 0.4) is 0 Å². The summed E-state index contributed by atoms with van der Waals surface area (Å²) < 4.78 is 51.6. The third-order valence-corrected chi connectivity index (χ3v) is 7.31. The highest BCUT2D eigenvalue weighted by Crippen LogP contribution is 2.48. The molecule has 0 radical (unpaired) electrons. The maximum absolute atomic E-state index is 13.5. The van der Waals surface area contributed by atoms with Gasteiger partial charge in [0.2, 0.25) is 12.1 Å². The van der Waals surface area contributed by atoms with Crippen molar-refractivity contribution in [3.8, 4) is 10.6 Å². The van der Waals surface area contributed by atoms with Crippen molar-refractivity contribution in [3.63, 3.8) is 0 Å². The van der Waals surface area contributed by atoms with Crippen molar-refractivity contribution in [1.29, 1.82) is 0 Å². The Morgan fingerprint density at radius 2 is 2.21 bits per heavy atom. The van der Waals surface area contributed by atoms with Gasteiger partial charge in [0.05, 0.1) is 5.56 Å². The molecular formula is C17H17ClF3N3O3S2. The van der Waals surface area contributed by atoms with E-state index < -0.39 is 28.5 Å². The summed E-state index contributed by atoms with van der Waals surface area (Å²) in [5.74, 6) is -4.86. The quantitative estimate of drug-likeness (QED) is 0.440. The Bertz CT molecular complexity index is 937. The fourth-order valence-electron chi connectivity index (χ4n) is 2.75. The summed E-state index contributed by atoms with van der Waals surface area (Å²) >= 11 is 7.16. The number of nitrogens with zero attached hydrogens (tertiary/aromatic N) is 3. The Kier molecular flexibility index (Phi) is 6.49. The second kappa shape index (κ2) is 8.57. The molecule has 1 fully saturated rings. The molecule has 0 N–H and O–H groups in total. The average molecular weight is 468 g/mol. The van der Waals surface area contributed by atoms with Crippen molar-refractivity contribution in [2.24, 2.45) is 5.92 Å². The molecule has 0 bridgehead atoms. The molecule has 6 nitrogen and oxygen atoms in total. The summed E-state index contributed by atoms with van der Waals surface area (Å²) in [6, 6.07) is 1.13. The average Bonchev–Trinajstić information content (AvgIpc) is 3.04. The van der Waals surface area contributed by atoms with Crippen molar-refractivity contribution in [1.82, 2.24) is 4.98 Å². The largest absolute Gasteiger partial charge is 0.619 e. The monoisotopic (exact) mass is 467 g/mol. The standard InChI is InChI=1S/C17H17ClF3N3O3S2/c1-2-24(13(25)3-4-29(27)9-11-6-17(11,20)21)16-14(18)22-15(28-16)10-5-12(19)8-23(26)7-10/h5,7-8,11H,2-4,6,9H2,1H3. The summed E-state index contributed by atoms with van der Waals surface area (Å²) in [4.78, 5) is 18.0. The van der Waals surface area contributed by atoms with Gasteiger partial charge in [-0.25, -0.2) is 18.2 Å². The number of halogens is 4. The van der Waals surface area contributed by atoms with Gasteiger partial charge in [-0.2, -0.15) is 4.73 Å². The Morgan fingerprint density at radius 3 is 2.79 bits per heavy atom. The van der Waals surface area contributed by atoms with E-state index in [0.717, 1.165) is 29.8 Å². The molecule has 2 aromatic heterocycles. The molecule has 0 aliphatic heterocycles. The molecule has 0 aromatic carbocycles. The van der Waals surface area contributed by atoms with Crippen LogP contribution in [0.15, 0.2) is 18.5 Å². The Labute approximate surface area is 176 Å². The van der Waals surface area contributed by atoms with E-state index in [-0.39, 0.29) is 52.5 Å². The van der Waals surface area contributed by atoms with Crippen LogP contribution in [0.5, 0.6) is 0 Å². The number of amides is 1. The second-order valence-electron chi connectivity index (χ2n) is 6.58. The van der Waals surface area contributed by atoms with Crippen LogP contribution in [0.2, 0.25) is 5.15 Å². The molecule has 12 heteroatoms. The molecule has 2 unspecified atom stereocenters. The van der Waals surface area contributed by atoms with E-state index in [1.165, 1.54) is 4.90 Å². The molecule has 2 atom stereocenters. The lowest BCUT2D eigenvalue weighted by atomic mass is 10.3. The summed E-state index contributed by atoms with van der Waals surface area (Å²) in [6.45, 7) is 1.96. The zero-order chi connectivity index (χ0) is 21.3. The van der Waals surface area contributed by atoms with Crippen molar-refractivity contribution in [2.75, 3.05) is 23.0 Å². The van der Waals surface area contributed by atoms with Gasteiger partial charge in [-0.15, -0.1) is 0 Å². The third kappa shape index (κ3) is 5.26. The number of carbonyl (C=O) groups excluding carboxylic acids is 1. The fourth-order valence-corrected chi connectivity index (χ4v) is 5.50. The van der Waals surface area contributed by atoms with E-state index >= 15 is 0 Å². The number of pyridine rings is 1. The van der Waals surface area contributed by atoms with Crippen LogP contribution in [0.1, 0.15) is 19.8 Å². The maximum Gasteiger partial charge on any atom is 0.252 e. The molecule has 1 aliphatic rings. The number of carbonyl (C=O) groups is 1. The minimum absolute atomic E-state index is 0.0145. The van der Waals surface area contributed by atoms with Crippen LogP contribution in [0.25, 0.3) is 10.6 Å². The normalized spacial score (nSPS) is 18.4. The number of hydrogen-bond donors (Lipinski definition) is 0. The lowest BCUT2D eigenvalue weighted by Crippen LogP contribution is -2.31. The minimum Gasteiger partial charge on any atom is -0.619 e. The number of alkyl halides is 2. The van der Waals surface area contributed by atoms with E-state index in [9.17, 15) is 27.4 Å². The van der Waals surface area contributed by atoms with Gasteiger partial charge in [0.15, 0.2) is 17.2 Å². The highest BCUT2D eigenvalue weighted by Gasteiger charge is 2.57. The van der Waals surface area contributed by atoms with Crippen molar-refractivity contribution >= 4 is 44.6 Å². The minimum atomic E-state index is -2.74. The predicted molar refractivity (Wildman–Crippen MR) is 105 cm³/mol. The molecular weight excluding hydrogens is 451 g/mol.